The number of oxazole rings is 1. The molecular formula is C11H17NO3. The molecule has 0 fully saturated rings. The van der Waals surface area contributed by atoms with Crippen LogP contribution >= 0.6 is 0 Å². The van der Waals surface area contributed by atoms with Crippen LogP contribution in [0.4, 0.5) is 0 Å². The van der Waals surface area contributed by atoms with Crippen LogP contribution in [0.15, 0.2) is 10.8 Å². The Bertz CT molecular complexity index is 307. The molecule has 0 aromatic carbocycles. The summed E-state index contributed by atoms with van der Waals surface area (Å²) in [7, 11) is 0. The minimum Gasteiger partial charge on any atom is -0.461 e. The molecule has 0 saturated heterocycles. The maximum atomic E-state index is 11.4. The largest absolute Gasteiger partial charge is 0.461 e. The molecule has 15 heavy (non-hydrogen) atoms. The summed E-state index contributed by atoms with van der Waals surface area (Å²) in [6, 6.07) is 0. The number of carbonyl (C=O) groups excluding carboxylic acids is 1. The average molecular weight is 211 g/mol. The van der Waals surface area contributed by atoms with Crippen LogP contribution in [0, 0.1) is 0 Å². The second kappa shape index (κ2) is 6.22. The van der Waals surface area contributed by atoms with E-state index in [4.69, 9.17) is 9.15 Å². The molecule has 0 amide bonds. The first kappa shape index (κ1) is 11.8. The molecular weight excluding hydrogens is 194 g/mol. The fourth-order valence-corrected chi connectivity index (χ4v) is 1.35. The van der Waals surface area contributed by atoms with E-state index in [-0.39, 0.29) is 0 Å². The van der Waals surface area contributed by atoms with Crippen molar-refractivity contribution in [1.29, 1.82) is 0 Å². The zero-order chi connectivity index (χ0) is 11.1. The predicted octanol–water partition coefficient (Wildman–Crippen LogP) is 2.58. The molecule has 0 aliphatic carbocycles. The van der Waals surface area contributed by atoms with Gasteiger partial charge in [0.25, 0.3) is 0 Å². The Morgan fingerprint density at radius 3 is 2.93 bits per heavy atom. The molecule has 4 nitrogen and oxygen atoms in total. The van der Waals surface area contributed by atoms with E-state index < -0.39 is 5.97 Å². The first-order valence-electron chi connectivity index (χ1n) is 5.39. The number of rotatable bonds is 6. The van der Waals surface area contributed by atoms with Crippen molar-refractivity contribution >= 4 is 5.97 Å². The fourth-order valence-electron chi connectivity index (χ4n) is 1.35. The Morgan fingerprint density at radius 2 is 2.27 bits per heavy atom. The lowest BCUT2D eigenvalue weighted by molar-refractivity contribution is 0.0517. The number of hydrogen-bond acceptors (Lipinski definition) is 4. The predicted molar refractivity (Wildman–Crippen MR) is 55.7 cm³/mol. The Labute approximate surface area is 89.6 Å². The fraction of sp³-hybridized carbons (Fsp3) is 0.636. The highest BCUT2D eigenvalue weighted by Gasteiger charge is 2.16. The molecule has 4 heteroatoms. The summed E-state index contributed by atoms with van der Waals surface area (Å²) in [4.78, 5) is 15.3. The molecule has 0 radical (unpaired) electrons. The zero-order valence-electron chi connectivity index (χ0n) is 9.28. The van der Waals surface area contributed by atoms with Crippen molar-refractivity contribution < 1.29 is 13.9 Å². The maximum absolute atomic E-state index is 11.4. The standard InChI is InChI=1S/C11H17NO3/c1-3-5-6-7-9-10(12-8-15-9)11(13)14-4-2/h8H,3-7H2,1-2H3. The van der Waals surface area contributed by atoms with Crippen molar-refractivity contribution in [2.75, 3.05) is 6.61 Å². The minimum absolute atomic E-state index is 0.327. The van der Waals surface area contributed by atoms with Crippen LogP contribution in [-0.2, 0) is 11.2 Å². The third-order valence-electron chi connectivity index (χ3n) is 2.12. The van der Waals surface area contributed by atoms with Crippen LogP contribution in [0.5, 0.6) is 0 Å². The van der Waals surface area contributed by atoms with E-state index in [1.165, 1.54) is 6.39 Å². The van der Waals surface area contributed by atoms with Gasteiger partial charge in [-0.2, -0.15) is 0 Å². The second-order valence-corrected chi connectivity index (χ2v) is 3.30. The van der Waals surface area contributed by atoms with Gasteiger partial charge in [0.15, 0.2) is 12.1 Å². The van der Waals surface area contributed by atoms with Crippen LogP contribution in [-0.4, -0.2) is 17.6 Å². The number of hydrogen-bond donors (Lipinski definition) is 0. The highest BCUT2D eigenvalue weighted by atomic mass is 16.5. The van der Waals surface area contributed by atoms with Crippen molar-refractivity contribution in [2.24, 2.45) is 0 Å². The Hall–Kier alpha value is -1.32. The number of esters is 1. The summed E-state index contributed by atoms with van der Waals surface area (Å²) in [6.45, 7) is 4.27. The van der Waals surface area contributed by atoms with Crippen LogP contribution in [0.3, 0.4) is 0 Å². The number of nitrogens with zero attached hydrogens (tertiary/aromatic N) is 1. The monoisotopic (exact) mass is 211 g/mol. The third-order valence-corrected chi connectivity index (χ3v) is 2.12. The average Bonchev–Trinajstić information content (AvgIpc) is 2.67. The van der Waals surface area contributed by atoms with Crippen molar-refractivity contribution in [1.82, 2.24) is 4.98 Å². The minimum atomic E-state index is -0.391. The molecule has 1 aromatic rings. The van der Waals surface area contributed by atoms with Gasteiger partial charge in [-0.1, -0.05) is 19.8 Å². The van der Waals surface area contributed by atoms with Crippen molar-refractivity contribution in [3.63, 3.8) is 0 Å². The highest BCUT2D eigenvalue weighted by molar-refractivity contribution is 5.88. The molecule has 1 heterocycles. The molecule has 1 aromatic heterocycles. The summed E-state index contributed by atoms with van der Waals surface area (Å²) in [5, 5.41) is 0. The van der Waals surface area contributed by atoms with Gasteiger partial charge in [-0.25, -0.2) is 9.78 Å². The molecule has 0 saturated carbocycles. The Balaban J connectivity index is 2.56. The van der Waals surface area contributed by atoms with Crippen LogP contribution in [0.1, 0.15) is 49.4 Å². The summed E-state index contributed by atoms with van der Waals surface area (Å²) < 4.78 is 10.0. The highest BCUT2D eigenvalue weighted by Crippen LogP contribution is 2.12. The molecule has 0 unspecified atom stereocenters. The SMILES string of the molecule is CCCCCc1ocnc1C(=O)OCC. The van der Waals surface area contributed by atoms with E-state index in [0.29, 0.717) is 18.1 Å². The Kier molecular flexibility index (Phi) is 4.87. The zero-order valence-corrected chi connectivity index (χ0v) is 9.28. The van der Waals surface area contributed by atoms with Crippen molar-refractivity contribution in [2.45, 2.75) is 39.5 Å². The molecule has 84 valence electrons. The van der Waals surface area contributed by atoms with Crippen LogP contribution in [0.25, 0.3) is 0 Å². The van der Waals surface area contributed by atoms with Gasteiger partial charge >= 0.3 is 5.97 Å². The van der Waals surface area contributed by atoms with E-state index >= 15 is 0 Å². The molecule has 0 N–H and O–H groups in total. The van der Waals surface area contributed by atoms with Crippen LogP contribution in [0.2, 0.25) is 0 Å². The van der Waals surface area contributed by atoms with Gasteiger partial charge in [0.1, 0.15) is 5.76 Å². The number of aryl methyl sites for hydroxylation is 1. The summed E-state index contributed by atoms with van der Waals surface area (Å²) in [5.41, 5.74) is 0.327. The van der Waals surface area contributed by atoms with Gasteiger partial charge in [-0.05, 0) is 13.3 Å². The summed E-state index contributed by atoms with van der Waals surface area (Å²) in [5.74, 6) is 0.250. The maximum Gasteiger partial charge on any atom is 0.360 e. The lowest BCUT2D eigenvalue weighted by atomic mass is 10.1. The third kappa shape index (κ3) is 3.38. The molecule has 0 spiro atoms. The second-order valence-electron chi connectivity index (χ2n) is 3.30. The number of unbranched alkanes of at least 4 members (excludes halogenated alkanes) is 2. The summed E-state index contributed by atoms with van der Waals surface area (Å²) in [6.07, 6.45) is 5.33. The van der Waals surface area contributed by atoms with Gasteiger partial charge in [0, 0.05) is 6.42 Å². The topological polar surface area (TPSA) is 52.3 Å². The van der Waals surface area contributed by atoms with Crippen molar-refractivity contribution in [3.05, 3.63) is 17.8 Å². The lowest BCUT2D eigenvalue weighted by Crippen LogP contribution is -2.07. The molecule has 0 aliphatic heterocycles. The number of aromatic nitrogens is 1. The molecule has 0 bridgehead atoms. The normalized spacial score (nSPS) is 10.3. The van der Waals surface area contributed by atoms with Crippen molar-refractivity contribution in [3.8, 4) is 0 Å². The molecule has 0 atom stereocenters. The lowest BCUT2D eigenvalue weighted by Gasteiger charge is -2.00. The Morgan fingerprint density at radius 1 is 1.47 bits per heavy atom. The number of ether oxygens (including phenoxy) is 1. The quantitative estimate of drug-likeness (QED) is 0.536. The smallest absolute Gasteiger partial charge is 0.360 e. The van der Waals surface area contributed by atoms with Gasteiger partial charge in [0.2, 0.25) is 0 Å². The van der Waals surface area contributed by atoms with E-state index in [1.54, 1.807) is 6.92 Å². The summed E-state index contributed by atoms with van der Waals surface area (Å²) >= 11 is 0. The van der Waals surface area contributed by atoms with Gasteiger partial charge < -0.3 is 9.15 Å². The molecule has 1 rings (SSSR count). The van der Waals surface area contributed by atoms with E-state index in [2.05, 4.69) is 11.9 Å². The first-order valence-corrected chi connectivity index (χ1v) is 5.39. The van der Waals surface area contributed by atoms with E-state index in [1.807, 2.05) is 0 Å². The van der Waals surface area contributed by atoms with Crippen LogP contribution < -0.4 is 0 Å². The van der Waals surface area contributed by atoms with E-state index in [9.17, 15) is 4.79 Å². The number of carbonyl (C=O) groups is 1. The molecule has 0 aliphatic rings. The van der Waals surface area contributed by atoms with Gasteiger partial charge in [-0.3, -0.25) is 0 Å². The van der Waals surface area contributed by atoms with E-state index in [0.717, 1.165) is 25.7 Å². The van der Waals surface area contributed by atoms with Gasteiger partial charge in [-0.15, -0.1) is 0 Å². The van der Waals surface area contributed by atoms with Gasteiger partial charge in [0.05, 0.1) is 6.61 Å². The first-order chi connectivity index (χ1) is 7.29.